The Bertz CT molecular complexity index is 484. The third kappa shape index (κ3) is 3.22. The lowest BCUT2D eigenvalue weighted by atomic mass is 10.00. The standard InChI is InChI=1S/C14H21N3OS/c1-8-6-9(2)16-14(12(8)13(15)19)17-10(3)11-4-5-18-7-11/h6,10-11H,4-5,7H2,1-3H3,(H2,15,19)(H,16,17). The van der Waals surface area contributed by atoms with Crippen LogP contribution in [0.3, 0.4) is 0 Å². The maximum atomic E-state index is 5.82. The highest BCUT2D eigenvalue weighted by atomic mass is 32.1. The molecule has 0 radical (unpaired) electrons. The normalized spacial score (nSPS) is 20.3. The van der Waals surface area contributed by atoms with Gasteiger partial charge >= 0.3 is 0 Å². The van der Waals surface area contributed by atoms with Gasteiger partial charge in [0, 0.05) is 24.3 Å². The first-order valence-corrected chi connectivity index (χ1v) is 7.02. The van der Waals surface area contributed by atoms with E-state index in [1.807, 2.05) is 19.9 Å². The molecule has 0 aliphatic carbocycles. The molecular formula is C14H21N3OS. The second-order valence-corrected chi connectivity index (χ2v) is 5.66. The van der Waals surface area contributed by atoms with Crippen LogP contribution in [0.5, 0.6) is 0 Å². The third-order valence-corrected chi connectivity index (χ3v) is 3.83. The number of hydrogen-bond acceptors (Lipinski definition) is 4. The Balaban J connectivity index is 2.25. The molecule has 0 bridgehead atoms. The molecule has 4 nitrogen and oxygen atoms in total. The topological polar surface area (TPSA) is 60.2 Å². The molecule has 19 heavy (non-hydrogen) atoms. The molecule has 3 N–H and O–H groups in total. The van der Waals surface area contributed by atoms with Crippen molar-refractivity contribution in [1.82, 2.24) is 4.98 Å². The SMILES string of the molecule is Cc1cc(C)c(C(N)=S)c(NC(C)C2CCOC2)n1. The van der Waals surface area contributed by atoms with Gasteiger partial charge in [-0.2, -0.15) is 0 Å². The Morgan fingerprint density at radius 1 is 1.58 bits per heavy atom. The quantitative estimate of drug-likeness (QED) is 0.827. The van der Waals surface area contributed by atoms with Gasteiger partial charge in [0.05, 0.1) is 12.2 Å². The number of pyridine rings is 1. The van der Waals surface area contributed by atoms with Gasteiger partial charge in [-0.3, -0.25) is 0 Å². The van der Waals surface area contributed by atoms with E-state index < -0.39 is 0 Å². The predicted octanol–water partition coefficient (Wildman–Crippen LogP) is 2.17. The number of nitrogens with zero attached hydrogens (tertiary/aromatic N) is 1. The van der Waals surface area contributed by atoms with Crippen molar-refractivity contribution >= 4 is 23.0 Å². The van der Waals surface area contributed by atoms with Crippen molar-refractivity contribution in [2.75, 3.05) is 18.5 Å². The summed E-state index contributed by atoms with van der Waals surface area (Å²) in [4.78, 5) is 4.94. The van der Waals surface area contributed by atoms with Gasteiger partial charge < -0.3 is 15.8 Å². The number of nitrogens with one attached hydrogen (secondary N) is 1. The van der Waals surface area contributed by atoms with Crippen molar-refractivity contribution in [2.45, 2.75) is 33.2 Å². The summed E-state index contributed by atoms with van der Waals surface area (Å²) in [7, 11) is 0. The van der Waals surface area contributed by atoms with E-state index in [0.717, 1.165) is 42.3 Å². The second-order valence-electron chi connectivity index (χ2n) is 5.23. The minimum atomic E-state index is 0.296. The van der Waals surface area contributed by atoms with Crippen LogP contribution in [0.15, 0.2) is 6.07 Å². The first-order valence-electron chi connectivity index (χ1n) is 6.61. The number of hydrogen-bond donors (Lipinski definition) is 2. The van der Waals surface area contributed by atoms with Crippen molar-refractivity contribution in [3.63, 3.8) is 0 Å². The van der Waals surface area contributed by atoms with Crippen LogP contribution in [0.4, 0.5) is 5.82 Å². The lowest BCUT2D eigenvalue weighted by Crippen LogP contribution is -2.28. The average Bonchev–Trinajstić information content (AvgIpc) is 2.80. The molecular weight excluding hydrogens is 258 g/mol. The maximum absolute atomic E-state index is 5.82. The predicted molar refractivity (Wildman–Crippen MR) is 81.6 cm³/mol. The summed E-state index contributed by atoms with van der Waals surface area (Å²) in [5.41, 5.74) is 8.71. The molecule has 0 saturated carbocycles. The van der Waals surface area contributed by atoms with Crippen molar-refractivity contribution < 1.29 is 4.74 Å². The van der Waals surface area contributed by atoms with Gasteiger partial charge in [0.1, 0.15) is 10.8 Å². The van der Waals surface area contributed by atoms with Crippen LogP contribution in [-0.2, 0) is 4.74 Å². The van der Waals surface area contributed by atoms with Gasteiger partial charge in [-0.1, -0.05) is 12.2 Å². The summed E-state index contributed by atoms with van der Waals surface area (Å²) in [6, 6.07) is 2.30. The summed E-state index contributed by atoms with van der Waals surface area (Å²) >= 11 is 5.14. The summed E-state index contributed by atoms with van der Waals surface area (Å²) in [6.07, 6.45) is 1.08. The molecule has 5 heteroatoms. The Labute approximate surface area is 119 Å². The van der Waals surface area contributed by atoms with Crippen molar-refractivity contribution in [3.8, 4) is 0 Å². The van der Waals surface area contributed by atoms with Crippen LogP contribution in [0.1, 0.15) is 30.2 Å². The summed E-state index contributed by atoms with van der Waals surface area (Å²) in [5.74, 6) is 1.31. The molecule has 2 rings (SSSR count). The zero-order valence-corrected chi connectivity index (χ0v) is 12.5. The summed E-state index contributed by atoms with van der Waals surface area (Å²) in [5, 5.41) is 3.46. The monoisotopic (exact) mass is 279 g/mol. The van der Waals surface area contributed by atoms with E-state index in [4.69, 9.17) is 22.7 Å². The first-order chi connectivity index (χ1) is 8.99. The fraction of sp³-hybridized carbons (Fsp3) is 0.571. The molecule has 2 unspecified atom stereocenters. The van der Waals surface area contributed by atoms with Crippen molar-refractivity contribution in [2.24, 2.45) is 11.7 Å². The van der Waals surface area contributed by atoms with Crippen LogP contribution in [-0.4, -0.2) is 29.2 Å². The average molecular weight is 279 g/mol. The number of ether oxygens (including phenoxy) is 1. The van der Waals surface area contributed by atoms with Gasteiger partial charge in [0.15, 0.2) is 0 Å². The van der Waals surface area contributed by atoms with E-state index >= 15 is 0 Å². The highest BCUT2D eigenvalue weighted by molar-refractivity contribution is 7.80. The van der Waals surface area contributed by atoms with Gasteiger partial charge in [-0.05, 0) is 38.8 Å². The van der Waals surface area contributed by atoms with E-state index in [-0.39, 0.29) is 0 Å². The molecule has 2 atom stereocenters. The van der Waals surface area contributed by atoms with Gasteiger partial charge in [-0.25, -0.2) is 4.98 Å². The van der Waals surface area contributed by atoms with Crippen LogP contribution in [0.25, 0.3) is 0 Å². The zero-order valence-electron chi connectivity index (χ0n) is 11.7. The highest BCUT2D eigenvalue weighted by Gasteiger charge is 2.23. The Kier molecular flexibility index (Phi) is 4.37. The van der Waals surface area contributed by atoms with Crippen LogP contribution in [0.2, 0.25) is 0 Å². The van der Waals surface area contributed by atoms with Crippen LogP contribution in [0, 0.1) is 19.8 Å². The summed E-state index contributed by atoms with van der Waals surface area (Å²) < 4.78 is 5.43. The Hall–Kier alpha value is -1.20. The molecule has 1 saturated heterocycles. The third-order valence-electron chi connectivity index (χ3n) is 3.63. The molecule has 0 spiro atoms. The summed E-state index contributed by atoms with van der Waals surface area (Å²) in [6.45, 7) is 7.80. The molecule has 0 amide bonds. The van der Waals surface area contributed by atoms with E-state index in [1.165, 1.54) is 0 Å². The lowest BCUT2D eigenvalue weighted by Gasteiger charge is -2.22. The Morgan fingerprint density at radius 2 is 2.32 bits per heavy atom. The molecule has 1 fully saturated rings. The largest absolute Gasteiger partial charge is 0.389 e. The van der Waals surface area contributed by atoms with E-state index in [1.54, 1.807) is 0 Å². The van der Waals surface area contributed by atoms with Gasteiger partial charge in [-0.15, -0.1) is 0 Å². The van der Waals surface area contributed by atoms with Gasteiger partial charge in [0.25, 0.3) is 0 Å². The molecule has 1 aromatic heterocycles. The smallest absolute Gasteiger partial charge is 0.136 e. The fourth-order valence-electron chi connectivity index (χ4n) is 2.53. The van der Waals surface area contributed by atoms with E-state index in [9.17, 15) is 0 Å². The molecule has 1 aliphatic heterocycles. The first kappa shape index (κ1) is 14.2. The zero-order chi connectivity index (χ0) is 14.0. The van der Waals surface area contributed by atoms with Crippen molar-refractivity contribution in [1.29, 1.82) is 0 Å². The number of thiocarbonyl (C=S) groups is 1. The van der Waals surface area contributed by atoms with Crippen molar-refractivity contribution in [3.05, 3.63) is 22.9 Å². The number of nitrogens with two attached hydrogens (primary N) is 1. The lowest BCUT2D eigenvalue weighted by molar-refractivity contribution is 0.183. The Morgan fingerprint density at radius 3 is 2.89 bits per heavy atom. The van der Waals surface area contributed by atoms with E-state index in [0.29, 0.717) is 16.9 Å². The minimum absolute atomic E-state index is 0.296. The number of anilines is 1. The fourth-order valence-corrected chi connectivity index (χ4v) is 2.79. The number of rotatable bonds is 4. The molecule has 1 aromatic rings. The number of aromatic nitrogens is 1. The van der Waals surface area contributed by atoms with Crippen LogP contribution < -0.4 is 11.1 Å². The van der Waals surface area contributed by atoms with Crippen LogP contribution >= 0.6 is 12.2 Å². The second kappa shape index (κ2) is 5.84. The number of aryl methyl sites for hydroxylation is 2. The molecule has 2 heterocycles. The molecule has 104 valence electrons. The molecule has 0 aromatic carbocycles. The highest BCUT2D eigenvalue weighted by Crippen LogP contribution is 2.23. The molecule has 1 aliphatic rings. The minimum Gasteiger partial charge on any atom is -0.389 e. The van der Waals surface area contributed by atoms with Gasteiger partial charge in [0.2, 0.25) is 0 Å². The van der Waals surface area contributed by atoms with E-state index in [2.05, 4.69) is 17.2 Å². The maximum Gasteiger partial charge on any atom is 0.136 e.